The SMILES string of the molecule is CC(C)[C@@H](CO)NS(=O)(=O)C(F)F. The van der Waals surface area contributed by atoms with Gasteiger partial charge in [-0.15, -0.1) is 0 Å². The van der Waals surface area contributed by atoms with Gasteiger partial charge in [0.1, 0.15) is 0 Å². The van der Waals surface area contributed by atoms with Crippen molar-refractivity contribution >= 4 is 10.0 Å². The first-order chi connectivity index (χ1) is 5.81. The maximum absolute atomic E-state index is 11.8. The monoisotopic (exact) mass is 217 g/mol. The minimum Gasteiger partial charge on any atom is -0.395 e. The van der Waals surface area contributed by atoms with Crippen molar-refractivity contribution in [3.63, 3.8) is 0 Å². The van der Waals surface area contributed by atoms with Crippen molar-refractivity contribution in [3.8, 4) is 0 Å². The van der Waals surface area contributed by atoms with Crippen molar-refractivity contribution in [2.24, 2.45) is 5.92 Å². The van der Waals surface area contributed by atoms with E-state index in [1.54, 1.807) is 18.6 Å². The summed E-state index contributed by atoms with van der Waals surface area (Å²) in [5.41, 5.74) is 0. The number of nitrogens with one attached hydrogen (secondary N) is 1. The zero-order chi connectivity index (χ0) is 10.6. The third-order valence-corrected chi connectivity index (χ3v) is 2.65. The first kappa shape index (κ1) is 12.7. The van der Waals surface area contributed by atoms with Gasteiger partial charge < -0.3 is 5.11 Å². The Kier molecular flexibility index (Phi) is 4.72. The molecule has 0 heterocycles. The fourth-order valence-electron chi connectivity index (χ4n) is 0.647. The summed E-state index contributed by atoms with van der Waals surface area (Å²) in [4.78, 5) is 0. The zero-order valence-corrected chi connectivity index (χ0v) is 8.18. The molecule has 2 N–H and O–H groups in total. The molecule has 0 rings (SSSR count). The van der Waals surface area contributed by atoms with E-state index < -0.39 is 28.4 Å². The van der Waals surface area contributed by atoms with Crippen LogP contribution in [-0.4, -0.2) is 31.9 Å². The average molecular weight is 217 g/mol. The molecule has 0 aliphatic carbocycles. The second kappa shape index (κ2) is 4.83. The molecule has 0 unspecified atom stereocenters. The molecule has 0 aliphatic rings. The summed E-state index contributed by atoms with van der Waals surface area (Å²) in [5, 5.41) is 8.67. The summed E-state index contributed by atoms with van der Waals surface area (Å²) in [6.45, 7) is 2.74. The molecule has 7 heteroatoms. The Labute approximate surface area is 76.0 Å². The van der Waals surface area contributed by atoms with E-state index in [0.717, 1.165) is 0 Å². The highest BCUT2D eigenvalue weighted by Crippen LogP contribution is 2.07. The molecule has 0 aromatic heterocycles. The molecule has 0 aromatic carbocycles. The van der Waals surface area contributed by atoms with Crippen LogP contribution >= 0.6 is 0 Å². The highest BCUT2D eigenvalue weighted by atomic mass is 32.2. The Hall–Kier alpha value is -0.270. The summed E-state index contributed by atoms with van der Waals surface area (Å²) in [5.74, 6) is -3.70. The number of alkyl halides is 2. The van der Waals surface area contributed by atoms with Gasteiger partial charge in [0.25, 0.3) is 10.0 Å². The summed E-state index contributed by atoms with van der Waals surface area (Å²) in [6.07, 6.45) is 0. The number of aliphatic hydroxyl groups excluding tert-OH is 1. The Morgan fingerprint density at radius 1 is 1.38 bits per heavy atom. The lowest BCUT2D eigenvalue weighted by Crippen LogP contribution is -2.43. The van der Waals surface area contributed by atoms with Gasteiger partial charge in [0.05, 0.1) is 6.61 Å². The van der Waals surface area contributed by atoms with E-state index in [-0.39, 0.29) is 5.92 Å². The molecule has 0 spiro atoms. The average Bonchev–Trinajstić information content (AvgIpc) is 1.99. The Balaban J connectivity index is 4.41. The van der Waals surface area contributed by atoms with E-state index in [1.807, 2.05) is 0 Å². The third-order valence-electron chi connectivity index (χ3n) is 1.55. The molecule has 0 saturated carbocycles. The predicted octanol–water partition coefficient (Wildman–Crippen LogP) is 0.145. The smallest absolute Gasteiger partial charge is 0.350 e. The van der Waals surface area contributed by atoms with E-state index in [2.05, 4.69) is 0 Å². The van der Waals surface area contributed by atoms with Gasteiger partial charge in [-0.2, -0.15) is 8.78 Å². The zero-order valence-electron chi connectivity index (χ0n) is 7.37. The van der Waals surface area contributed by atoms with Gasteiger partial charge in [-0.25, -0.2) is 13.1 Å². The largest absolute Gasteiger partial charge is 0.395 e. The van der Waals surface area contributed by atoms with E-state index in [4.69, 9.17) is 5.11 Å². The van der Waals surface area contributed by atoms with Crippen LogP contribution in [0.1, 0.15) is 13.8 Å². The van der Waals surface area contributed by atoms with E-state index in [1.165, 1.54) is 0 Å². The van der Waals surface area contributed by atoms with Crippen LogP contribution in [0.5, 0.6) is 0 Å². The van der Waals surface area contributed by atoms with Gasteiger partial charge in [0.15, 0.2) is 0 Å². The van der Waals surface area contributed by atoms with Gasteiger partial charge in [-0.05, 0) is 5.92 Å². The lowest BCUT2D eigenvalue weighted by Gasteiger charge is -2.19. The van der Waals surface area contributed by atoms with E-state index in [0.29, 0.717) is 0 Å². The Morgan fingerprint density at radius 3 is 2.08 bits per heavy atom. The highest BCUT2D eigenvalue weighted by molar-refractivity contribution is 7.89. The molecule has 1 atom stereocenters. The predicted molar refractivity (Wildman–Crippen MR) is 43.8 cm³/mol. The van der Waals surface area contributed by atoms with Crippen LogP contribution in [-0.2, 0) is 10.0 Å². The summed E-state index contributed by atoms with van der Waals surface area (Å²) in [6, 6.07) is -0.862. The van der Waals surface area contributed by atoms with Crippen LogP contribution in [0.25, 0.3) is 0 Å². The molecule has 4 nitrogen and oxygen atoms in total. The normalized spacial score (nSPS) is 15.3. The standard InChI is InChI=1S/C6H13F2NO3S/c1-4(2)5(3-10)9-13(11,12)6(7)8/h4-6,9-10H,3H2,1-2H3/t5-/m1/s1. The van der Waals surface area contributed by atoms with Crippen LogP contribution in [0.3, 0.4) is 0 Å². The van der Waals surface area contributed by atoms with Crippen LogP contribution < -0.4 is 4.72 Å². The van der Waals surface area contributed by atoms with E-state index >= 15 is 0 Å². The molecular weight excluding hydrogens is 204 g/mol. The van der Waals surface area contributed by atoms with Gasteiger partial charge in [0.2, 0.25) is 0 Å². The number of sulfonamides is 1. The molecule has 0 bridgehead atoms. The van der Waals surface area contributed by atoms with Crippen molar-refractivity contribution < 1.29 is 22.3 Å². The second-order valence-electron chi connectivity index (χ2n) is 2.96. The molecular formula is C6H13F2NO3S. The topological polar surface area (TPSA) is 66.4 Å². The summed E-state index contributed by atoms with van der Waals surface area (Å²) >= 11 is 0. The van der Waals surface area contributed by atoms with Crippen LogP contribution in [0.2, 0.25) is 0 Å². The van der Waals surface area contributed by atoms with Gasteiger partial charge >= 0.3 is 5.76 Å². The quantitative estimate of drug-likeness (QED) is 0.688. The first-order valence-electron chi connectivity index (χ1n) is 3.71. The fraction of sp³-hybridized carbons (Fsp3) is 1.00. The minimum absolute atomic E-state index is 0.237. The molecule has 0 fully saturated rings. The van der Waals surface area contributed by atoms with Crippen molar-refractivity contribution in [2.45, 2.75) is 25.6 Å². The van der Waals surface area contributed by atoms with Gasteiger partial charge in [-0.1, -0.05) is 13.8 Å². The van der Waals surface area contributed by atoms with Crippen LogP contribution in [0, 0.1) is 5.92 Å². The maximum atomic E-state index is 11.8. The van der Waals surface area contributed by atoms with Crippen molar-refractivity contribution in [1.82, 2.24) is 4.72 Å². The van der Waals surface area contributed by atoms with E-state index in [9.17, 15) is 17.2 Å². The molecule has 13 heavy (non-hydrogen) atoms. The van der Waals surface area contributed by atoms with Gasteiger partial charge in [-0.3, -0.25) is 0 Å². The van der Waals surface area contributed by atoms with Crippen molar-refractivity contribution in [3.05, 3.63) is 0 Å². The first-order valence-corrected chi connectivity index (χ1v) is 5.26. The minimum atomic E-state index is -4.60. The maximum Gasteiger partial charge on any atom is 0.350 e. The summed E-state index contributed by atoms with van der Waals surface area (Å²) in [7, 11) is -4.60. The lowest BCUT2D eigenvalue weighted by atomic mass is 10.1. The molecule has 0 aromatic rings. The molecule has 0 radical (unpaired) electrons. The molecule has 0 saturated heterocycles. The number of halogens is 2. The van der Waals surface area contributed by atoms with Gasteiger partial charge in [0, 0.05) is 6.04 Å². The van der Waals surface area contributed by atoms with Crippen molar-refractivity contribution in [1.29, 1.82) is 0 Å². The Morgan fingerprint density at radius 2 is 1.85 bits per heavy atom. The second-order valence-corrected chi connectivity index (χ2v) is 4.64. The molecule has 0 amide bonds. The summed E-state index contributed by atoms with van der Waals surface area (Å²) < 4.78 is 46.7. The number of aliphatic hydroxyl groups is 1. The highest BCUT2D eigenvalue weighted by Gasteiger charge is 2.28. The number of hydrogen-bond donors (Lipinski definition) is 2. The molecule has 0 aliphatic heterocycles. The fourth-order valence-corrected chi connectivity index (χ4v) is 1.52. The van der Waals surface area contributed by atoms with Crippen LogP contribution in [0.4, 0.5) is 8.78 Å². The number of rotatable bonds is 5. The van der Waals surface area contributed by atoms with Crippen molar-refractivity contribution in [2.75, 3.05) is 6.61 Å². The third kappa shape index (κ3) is 3.97. The number of hydrogen-bond acceptors (Lipinski definition) is 3. The van der Waals surface area contributed by atoms with Crippen LogP contribution in [0.15, 0.2) is 0 Å². The molecule has 80 valence electrons. The lowest BCUT2D eigenvalue weighted by molar-refractivity contribution is 0.211. The Bertz CT molecular complexity index is 240.